The Morgan fingerprint density at radius 3 is 2.69 bits per heavy atom. The summed E-state index contributed by atoms with van der Waals surface area (Å²) in [5, 5.41) is 14.9. The van der Waals surface area contributed by atoms with Crippen molar-refractivity contribution in [1.29, 1.82) is 0 Å². The van der Waals surface area contributed by atoms with Crippen molar-refractivity contribution < 1.29 is 9.72 Å². The molecule has 0 aliphatic heterocycles. The fourth-order valence-corrected chi connectivity index (χ4v) is 3.96. The molecule has 0 atom stereocenters. The Morgan fingerprint density at radius 2 is 2.00 bits per heavy atom. The molecule has 0 aliphatic carbocycles. The second-order valence-electron chi connectivity index (χ2n) is 5.67. The standard InChI is InChI=1S/C19H17N3O3S/c1-3-13-7-4-5-9-16(13)26-17-11-15(21-12(2)23)18-14(8-6-10-20-18)19(17)22(24)25/h4-11H,3H2,1-2H3,(H,21,23). The number of rotatable bonds is 5. The van der Waals surface area contributed by atoms with Crippen molar-refractivity contribution >= 4 is 39.9 Å². The third-order valence-electron chi connectivity index (χ3n) is 3.89. The Balaban J connectivity index is 2.24. The number of amides is 1. The van der Waals surface area contributed by atoms with Crippen LogP contribution < -0.4 is 5.32 Å². The minimum Gasteiger partial charge on any atom is -0.324 e. The summed E-state index contributed by atoms with van der Waals surface area (Å²) in [6, 6.07) is 12.7. The normalized spacial score (nSPS) is 10.7. The smallest absolute Gasteiger partial charge is 0.292 e. The molecular formula is C19H17N3O3S. The van der Waals surface area contributed by atoms with Gasteiger partial charge in [-0.1, -0.05) is 36.9 Å². The van der Waals surface area contributed by atoms with Crippen LogP contribution in [0.4, 0.5) is 11.4 Å². The molecule has 26 heavy (non-hydrogen) atoms. The number of aromatic nitrogens is 1. The zero-order valence-corrected chi connectivity index (χ0v) is 15.2. The molecule has 7 heteroatoms. The minimum atomic E-state index is -0.390. The molecule has 1 amide bonds. The van der Waals surface area contributed by atoms with Crippen LogP contribution in [-0.2, 0) is 11.2 Å². The van der Waals surface area contributed by atoms with Crippen molar-refractivity contribution in [1.82, 2.24) is 4.98 Å². The molecule has 0 spiro atoms. The molecule has 2 aromatic carbocycles. The largest absolute Gasteiger partial charge is 0.324 e. The first-order valence-electron chi connectivity index (χ1n) is 8.10. The Labute approximate surface area is 154 Å². The lowest BCUT2D eigenvalue weighted by atomic mass is 10.1. The molecule has 1 aromatic heterocycles. The van der Waals surface area contributed by atoms with Gasteiger partial charge in [0.05, 0.1) is 20.9 Å². The van der Waals surface area contributed by atoms with E-state index in [1.54, 1.807) is 24.4 Å². The zero-order chi connectivity index (χ0) is 18.7. The van der Waals surface area contributed by atoms with Crippen molar-refractivity contribution in [2.45, 2.75) is 30.1 Å². The predicted molar refractivity (Wildman–Crippen MR) is 103 cm³/mol. The van der Waals surface area contributed by atoms with Gasteiger partial charge in [0.15, 0.2) is 0 Å². The topological polar surface area (TPSA) is 85.1 Å². The third kappa shape index (κ3) is 3.52. The molecule has 0 bridgehead atoms. The lowest BCUT2D eigenvalue weighted by Gasteiger charge is -2.12. The van der Waals surface area contributed by atoms with Gasteiger partial charge >= 0.3 is 0 Å². The summed E-state index contributed by atoms with van der Waals surface area (Å²) >= 11 is 1.33. The van der Waals surface area contributed by atoms with Gasteiger partial charge in [-0.15, -0.1) is 0 Å². The molecule has 1 heterocycles. The zero-order valence-electron chi connectivity index (χ0n) is 14.4. The number of carbonyl (C=O) groups excluding carboxylic acids is 1. The number of pyridine rings is 1. The highest BCUT2D eigenvalue weighted by Crippen LogP contribution is 2.43. The highest BCUT2D eigenvalue weighted by Gasteiger charge is 2.23. The van der Waals surface area contributed by atoms with E-state index in [0.717, 1.165) is 16.9 Å². The molecule has 1 N–H and O–H groups in total. The molecule has 6 nitrogen and oxygen atoms in total. The summed E-state index contributed by atoms with van der Waals surface area (Å²) in [5.41, 5.74) is 1.98. The molecule has 0 radical (unpaired) electrons. The number of nitro groups is 1. The number of nitro benzene ring substituents is 1. The number of nitrogens with zero attached hydrogens (tertiary/aromatic N) is 2. The average molecular weight is 367 g/mol. The van der Waals surface area contributed by atoms with Gasteiger partial charge in [-0.2, -0.15) is 0 Å². The van der Waals surface area contributed by atoms with E-state index in [2.05, 4.69) is 10.3 Å². The van der Waals surface area contributed by atoms with Gasteiger partial charge in [-0.05, 0) is 36.2 Å². The van der Waals surface area contributed by atoms with E-state index in [-0.39, 0.29) is 11.6 Å². The van der Waals surface area contributed by atoms with Crippen LogP contribution in [0.3, 0.4) is 0 Å². The van der Waals surface area contributed by atoms with Crippen molar-refractivity contribution in [3.05, 3.63) is 64.3 Å². The Morgan fingerprint density at radius 1 is 1.23 bits per heavy atom. The van der Waals surface area contributed by atoms with Crippen LogP contribution in [0.25, 0.3) is 10.9 Å². The maximum absolute atomic E-state index is 11.8. The van der Waals surface area contributed by atoms with Gasteiger partial charge in [0.2, 0.25) is 5.91 Å². The Kier molecular flexibility index (Phi) is 5.18. The summed E-state index contributed by atoms with van der Waals surface area (Å²) < 4.78 is 0. The fourth-order valence-electron chi connectivity index (χ4n) is 2.78. The van der Waals surface area contributed by atoms with Crippen LogP contribution in [0.15, 0.2) is 58.5 Å². The maximum atomic E-state index is 11.8. The lowest BCUT2D eigenvalue weighted by molar-refractivity contribution is -0.385. The van der Waals surface area contributed by atoms with E-state index in [1.165, 1.54) is 18.7 Å². The first-order valence-corrected chi connectivity index (χ1v) is 8.92. The quantitative estimate of drug-likeness (QED) is 0.516. The van der Waals surface area contributed by atoms with E-state index in [4.69, 9.17) is 0 Å². The highest BCUT2D eigenvalue weighted by atomic mass is 32.2. The number of fused-ring (bicyclic) bond motifs is 1. The number of aryl methyl sites for hydroxylation is 1. The van der Waals surface area contributed by atoms with Crippen molar-refractivity contribution in [3.8, 4) is 0 Å². The van der Waals surface area contributed by atoms with Crippen molar-refractivity contribution in [3.63, 3.8) is 0 Å². The van der Waals surface area contributed by atoms with Crippen LogP contribution in [0, 0.1) is 10.1 Å². The van der Waals surface area contributed by atoms with E-state index < -0.39 is 4.92 Å². The molecule has 0 saturated heterocycles. The van der Waals surface area contributed by atoms with E-state index in [1.807, 2.05) is 31.2 Å². The number of hydrogen-bond acceptors (Lipinski definition) is 5. The van der Waals surface area contributed by atoms with Gasteiger partial charge in [0.25, 0.3) is 5.69 Å². The van der Waals surface area contributed by atoms with E-state index in [0.29, 0.717) is 21.5 Å². The van der Waals surface area contributed by atoms with Crippen LogP contribution in [0.1, 0.15) is 19.4 Å². The summed E-state index contributed by atoms with van der Waals surface area (Å²) in [5.74, 6) is -0.254. The number of carbonyl (C=O) groups is 1. The van der Waals surface area contributed by atoms with Crippen molar-refractivity contribution in [2.75, 3.05) is 5.32 Å². The number of benzene rings is 2. The Bertz CT molecular complexity index is 1000. The highest BCUT2D eigenvalue weighted by molar-refractivity contribution is 7.99. The number of hydrogen-bond donors (Lipinski definition) is 1. The molecular weight excluding hydrogens is 350 g/mol. The Hall–Kier alpha value is -2.93. The lowest BCUT2D eigenvalue weighted by Crippen LogP contribution is -2.07. The van der Waals surface area contributed by atoms with Crippen LogP contribution in [0.2, 0.25) is 0 Å². The second-order valence-corrected chi connectivity index (χ2v) is 6.76. The van der Waals surface area contributed by atoms with Crippen LogP contribution in [-0.4, -0.2) is 15.8 Å². The van der Waals surface area contributed by atoms with Crippen molar-refractivity contribution in [2.24, 2.45) is 0 Å². The van der Waals surface area contributed by atoms with E-state index >= 15 is 0 Å². The van der Waals surface area contributed by atoms with Gasteiger partial charge < -0.3 is 5.32 Å². The SMILES string of the molecule is CCc1ccccc1Sc1cc(NC(C)=O)c2ncccc2c1[N+](=O)[O-]. The summed E-state index contributed by atoms with van der Waals surface area (Å²) in [6.45, 7) is 3.44. The first-order chi connectivity index (χ1) is 12.5. The summed E-state index contributed by atoms with van der Waals surface area (Å²) in [7, 11) is 0. The molecule has 0 unspecified atom stereocenters. The summed E-state index contributed by atoms with van der Waals surface area (Å²) in [6.07, 6.45) is 2.38. The predicted octanol–water partition coefficient (Wildman–Crippen LogP) is 4.82. The molecule has 0 saturated carbocycles. The molecule has 0 fully saturated rings. The number of anilines is 1. The van der Waals surface area contributed by atoms with Crippen LogP contribution in [0.5, 0.6) is 0 Å². The molecule has 0 aliphatic rings. The van der Waals surface area contributed by atoms with E-state index in [9.17, 15) is 14.9 Å². The first kappa shape index (κ1) is 17.9. The van der Waals surface area contributed by atoms with Gasteiger partial charge in [-0.3, -0.25) is 19.9 Å². The van der Waals surface area contributed by atoms with Gasteiger partial charge in [0, 0.05) is 18.0 Å². The fraction of sp³-hybridized carbons (Fsp3) is 0.158. The van der Waals surface area contributed by atoms with Gasteiger partial charge in [-0.25, -0.2) is 0 Å². The average Bonchev–Trinajstić information content (AvgIpc) is 2.61. The third-order valence-corrected chi connectivity index (χ3v) is 5.04. The second kappa shape index (κ2) is 7.53. The summed E-state index contributed by atoms with van der Waals surface area (Å²) in [4.78, 5) is 28.6. The molecule has 132 valence electrons. The van der Waals surface area contributed by atoms with Gasteiger partial charge in [0.1, 0.15) is 5.52 Å². The number of nitrogens with one attached hydrogen (secondary N) is 1. The minimum absolute atomic E-state index is 0.00175. The molecule has 3 aromatic rings. The van der Waals surface area contributed by atoms with Crippen LogP contribution >= 0.6 is 11.8 Å². The maximum Gasteiger partial charge on any atom is 0.292 e. The molecule has 3 rings (SSSR count). The monoisotopic (exact) mass is 367 g/mol.